The Hall–Kier alpha value is -2.86. The number of carbonyl (C=O) groups excluding carboxylic acids is 1. The maximum atomic E-state index is 12.6. The van der Waals surface area contributed by atoms with Gasteiger partial charge in [0.15, 0.2) is 6.54 Å². The molecule has 1 atom stereocenters. The van der Waals surface area contributed by atoms with E-state index in [-0.39, 0.29) is 5.91 Å². The topological polar surface area (TPSA) is 60.6 Å². The van der Waals surface area contributed by atoms with E-state index in [0.717, 1.165) is 41.2 Å². The van der Waals surface area contributed by atoms with Crippen LogP contribution in [0.5, 0.6) is 5.75 Å². The summed E-state index contributed by atoms with van der Waals surface area (Å²) in [4.78, 5) is 13.7. The zero-order valence-electron chi connectivity index (χ0n) is 17.1. The minimum absolute atomic E-state index is 0.0211. The summed E-state index contributed by atoms with van der Waals surface area (Å²) < 4.78 is 7.27. The fourth-order valence-corrected chi connectivity index (χ4v) is 4.24. The van der Waals surface area contributed by atoms with Crippen molar-refractivity contribution in [1.82, 2.24) is 9.78 Å². The highest BCUT2D eigenvalue weighted by Gasteiger charge is 2.21. The third kappa shape index (κ3) is 4.59. The lowest BCUT2D eigenvalue weighted by Crippen LogP contribution is -3.08. The number of nitrogens with zero attached hydrogens (tertiary/aromatic N) is 2. The Morgan fingerprint density at radius 2 is 1.93 bits per heavy atom. The van der Waals surface area contributed by atoms with E-state index in [4.69, 9.17) is 4.74 Å². The van der Waals surface area contributed by atoms with Crippen LogP contribution in [0.25, 0.3) is 10.8 Å². The van der Waals surface area contributed by atoms with Crippen LogP contribution >= 0.6 is 0 Å². The van der Waals surface area contributed by atoms with Gasteiger partial charge in [-0.15, -0.1) is 0 Å². The number of rotatable bonds is 7. The number of ether oxygens (including phenoxy) is 1. The largest absolute Gasteiger partial charge is 0.497 e. The van der Waals surface area contributed by atoms with Crippen LogP contribution in [-0.4, -0.2) is 36.4 Å². The van der Waals surface area contributed by atoms with Gasteiger partial charge in [0.25, 0.3) is 5.91 Å². The quantitative estimate of drug-likeness (QED) is 0.649. The Morgan fingerprint density at radius 1 is 1.17 bits per heavy atom. The Balaban J connectivity index is 1.36. The molecule has 0 spiro atoms. The molecule has 29 heavy (non-hydrogen) atoms. The molecule has 2 N–H and O–H groups in total. The van der Waals surface area contributed by atoms with Crippen LogP contribution in [0.15, 0.2) is 48.7 Å². The molecule has 1 unspecified atom stereocenters. The molecule has 1 aliphatic rings. The second kappa shape index (κ2) is 8.66. The fraction of sp³-hybridized carbons (Fsp3) is 0.391. The molecule has 6 heteroatoms. The van der Waals surface area contributed by atoms with Crippen molar-refractivity contribution in [2.75, 3.05) is 26.0 Å². The molecule has 0 bridgehead atoms. The summed E-state index contributed by atoms with van der Waals surface area (Å²) in [5, 5.41) is 9.82. The Labute approximate surface area is 171 Å². The molecule has 0 aliphatic heterocycles. The monoisotopic (exact) mass is 393 g/mol. The molecular weight excluding hydrogens is 364 g/mol. The van der Waals surface area contributed by atoms with E-state index in [1.165, 1.54) is 23.8 Å². The number of benzene rings is 2. The summed E-state index contributed by atoms with van der Waals surface area (Å²) in [6.07, 6.45) is 6.54. The second-order valence-electron chi connectivity index (χ2n) is 8.01. The van der Waals surface area contributed by atoms with Gasteiger partial charge in [0.1, 0.15) is 18.1 Å². The Bertz CT molecular complexity index is 991. The lowest BCUT2D eigenvalue weighted by Gasteiger charge is -2.17. The molecule has 1 aliphatic carbocycles. The first kappa shape index (κ1) is 19.5. The van der Waals surface area contributed by atoms with Gasteiger partial charge in [0, 0.05) is 11.6 Å². The maximum absolute atomic E-state index is 12.6. The maximum Gasteiger partial charge on any atom is 0.280 e. The van der Waals surface area contributed by atoms with Crippen LogP contribution in [-0.2, 0) is 11.3 Å². The molecule has 1 saturated carbocycles. The average Bonchev–Trinajstić information content (AvgIpc) is 3.39. The van der Waals surface area contributed by atoms with Crippen LogP contribution < -0.4 is 15.0 Å². The van der Waals surface area contributed by atoms with Crippen molar-refractivity contribution < 1.29 is 14.4 Å². The third-order valence-electron chi connectivity index (χ3n) is 5.69. The molecular formula is C23H29N4O2+. The number of methoxy groups -OCH3 is 1. The minimum Gasteiger partial charge on any atom is -0.497 e. The predicted molar refractivity (Wildman–Crippen MR) is 114 cm³/mol. The average molecular weight is 394 g/mol. The van der Waals surface area contributed by atoms with Gasteiger partial charge in [-0.3, -0.25) is 4.79 Å². The van der Waals surface area contributed by atoms with E-state index in [0.29, 0.717) is 12.6 Å². The number of aromatic nitrogens is 2. The number of amides is 1. The molecule has 0 saturated heterocycles. The molecule has 1 fully saturated rings. The molecule has 6 nitrogen and oxygen atoms in total. The van der Waals surface area contributed by atoms with Crippen molar-refractivity contribution in [2.24, 2.45) is 0 Å². The molecule has 1 aromatic heterocycles. The first-order valence-corrected chi connectivity index (χ1v) is 10.3. The number of quaternary nitrogens is 1. The van der Waals surface area contributed by atoms with Gasteiger partial charge in [-0.05, 0) is 41.8 Å². The number of carbonyl (C=O) groups is 1. The second-order valence-corrected chi connectivity index (χ2v) is 8.01. The van der Waals surface area contributed by atoms with Gasteiger partial charge < -0.3 is 15.0 Å². The van der Waals surface area contributed by atoms with Crippen molar-refractivity contribution in [1.29, 1.82) is 0 Å². The summed E-state index contributed by atoms with van der Waals surface area (Å²) in [5.74, 6) is 1.70. The van der Waals surface area contributed by atoms with E-state index in [9.17, 15) is 4.79 Å². The third-order valence-corrected chi connectivity index (χ3v) is 5.69. The minimum atomic E-state index is 0.0211. The Morgan fingerprint density at radius 3 is 2.72 bits per heavy atom. The highest BCUT2D eigenvalue weighted by Crippen LogP contribution is 2.31. The normalized spacial score (nSPS) is 15.5. The van der Waals surface area contributed by atoms with Crippen molar-refractivity contribution in [3.63, 3.8) is 0 Å². The van der Waals surface area contributed by atoms with Gasteiger partial charge in [0.2, 0.25) is 0 Å². The summed E-state index contributed by atoms with van der Waals surface area (Å²) in [6.45, 7) is 1.20. The van der Waals surface area contributed by atoms with Crippen LogP contribution in [0.1, 0.15) is 37.3 Å². The van der Waals surface area contributed by atoms with Crippen molar-refractivity contribution in [3.05, 3.63) is 54.2 Å². The first-order chi connectivity index (χ1) is 14.1. The van der Waals surface area contributed by atoms with E-state index in [1.807, 2.05) is 29.9 Å². The lowest BCUT2D eigenvalue weighted by molar-refractivity contribution is -0.885. The lowest BCUT2D eigenvalue weighted by atomic mass is 10.1. The van der Waals surface area contributed by atoms with Gasteiger partial charge in [0.05, 0.1) is 26.4 Å². The van der Waals surface area contributed by atoms with E-state index in [2.05, 4.69) is 34.7 Å². The molecule has 152 valence electrons. The molecule has 2 aromatic carbocycles. The van der Waals surface area contributed by atoms with Crippen LogP contribution in [0, 0.1) is 0 Å². The van der Waals surface area contributed by atoms with Crippen molar-refractivity contribution in [3.8, 4) is 5.75 Å². The highest BCUT2D eigenvalue weighted by molar-refractivity contribution is 5.90. The van der Waals surface area contributed by atoms with Gasteiger partial charge in [-0.1, -0.05) is 31.0 Å². The molecule has 1 heterocycles. The standard InChI is InChI=1S/C23H28N4O2/c1-26(15-17-7-8-19-14-21(29-2)10-9-18(19)13-17)16-23(28)25-22-11-12-24-27(22)20-5-3-4-6-20/h7-14,20H,3-6,15-16H2,1-2H3,(H,25,28)/p+1. The van der Waals surface area contributed by atoms with Crippen LogP contribution in [0.2, 0.25) is 0 Å². The van der Waals surface area contributed by atoms with E-state index < -0.39 is 0 Å². The van der Waals surface area contributed by atoms with Crippen LogP contribution in [0.4, 0.5) is 5.82 Å². The highest BCUT2D eigenvalue weighted by atomic mass is 16.5. The number of anilines is 1. The molecule has 4 rings (SSSR count). The van der Waals surface area contributed by atoms with Crippen molar-refractivity contribution in [2.45, 2.75) is 38.3 Å². The SMILES string of the molecule is COc1ccc2cc(C[NH+](C)CC(=O)Nc3ccnn3C3CCCC3)ccc2c1. The molecule has 0 radical (unpaired) electrons. The van der Waals surface area contributed by atoms with Crippen LogP contribution in [0.3, 0.4) is 0 Å². The van der Waals surface area contributed by atoms with E-state index >= 15 is 0 Å². The number of nitrogens with one attached hydrogen (secondary N) is 2. The smallest absolute Gasteiger partial charge is 0.280 e. The summed E-state index contributed by atoms with van der Waals surface area (Å²) in [7, 11) is 3.73. The molecule has 3 aromatic rings. The summed E-state index contributed by atoms with van der Waals surface area (Å²) in [6, 6.07) is 14.8. The predicted octanol–water partition coefficient (Wildman–Crippen LogP) is 2.81. The Kier molecular flexibility index (Phi) is 5.81. The molecule has 1 amide bonds. The summed E-state index contributed by atoms with van der Waals surface area (Å²) >= 11 is 0. The zero-order valence-corrected chi connectivity index (χ0v) is 17.1. The summed E-state index contributed by atoms with van der Waals surface area (Å²) in [5.41, 5.74) is 1.21. The fourth-order valence-electron chi connectivity index (χ4n) is 4.24. The van der Waals surface area contributed by atoms with Gasteiger partial charge >= 0.3 is 0 Å². The number of hydrogen-bond donors (Lipinski definition) is 2. The number of hydrogen-bond acceptors (Lipinski definition) is 3. The van der Waals surface area contributed by atoms with E-state index in [1.54, 1.807) is 13.3 Å². The first-order valence-electron chi connectivity index (χ1n) is 10.3. The van der Waals surface area contributed by atoms with Gasteiger partial charge in [-0.2, -0.15) is 5.10 Å². The van der Waals surface area contributed by atoms with Crippen molar-refractivity contribution >= 4 is 22.5 Å². The number of likely N-dealkylation sites (N-methyl/N-ethyl adjacent to an activating group) is 1. The number of fused-ring (bicyclic) bond motifs is 1. The zero-order chi connectivity index (χ0) is 20.2. The van der Waals surface area contributed by atoms with Gasteiger partial charge in [-0.25, -0.2) is 4.68 Å².